The van der Waals surface area contributed by atoms with E-state index in [1.807, 2.05) is 0 Å². The van der Waals surface area contributed by atoms with Gasteiger partial charge >= 0.3 is 23.9 Å². The molecule has 8 nitrogen and oxygen atoms in total. The summed E-state index contributed by atoms with van der Waals surface area (Å²) in [6, 6.07) is 3.45. The molecule has 0 amide bonds. The lowest BCUT2D eigenvalue weighted by atomic mass is 9.95. The average molecular weight is 334 g/mol. The highest BCUT2D eigenvalue weighted by Gasteiger charge is 2.39. The first-order valence-corrected chi connectivity index (χ1v) is 6.47. The minimum Gasteiger partial charge on any atom is -0.478 e. The first-order valence-electron chi connectivity index (χ1n) is 6.47. The van der Waals surface area contributed by atoms with Gasteiger partial charge in [0.15, 0.2) is 0 Å². The molecule has 0 bridgehead atoms. The van der Waals surface area contributed by atoms with Crippen LogP contribution in [0.5, 0.6) is 0 Å². The van der Waals surface area contributed by atoms with Gasteiger partial charge in [0.1, 0.15) is 0 Å². The fourth-order valence-electron chi connectivity index (χ4n) is 1.94. The van der Waals surface area contributed by atoms with E-state index in [4.69, 9.17) is 14.6 Å². The van der Waals surface area contributed by atoms with Gasteiger partial charge in [0.25, 0.3) is 5.79 Å². The molecule has 2 N–H and O–H groups in total. The van der Waals surface area contributed by atoms with Gasteiger partial charge in [-0.1, -0.05) is 25.3 Å². The topological polar surface area (TPSA) is 127 Å². The van der Waals surface area contributed by atoms with Gasteiger partial charge in [-0.2, -0.15) is 0 Å². The van der Waals surface area contributed by atoms with Gasteiger partial charge in [-0.15, -0.1) is 0 Å². The third-order valence-corrected chi connectivity index (χ3v) is 2.92. The Morgan fingerprint density at radius 2 is 1.50 bits per heavy atom. The van der Waals surface area contributed by atoms with Crippen LogP contribution in [0.15, 0.2) is 43.5 Å². The molecular weight excluding hydrogens is 320 g/mol. The van der Waals surface area contributed by atoms with Crippen molar-refractivity contribution in [3.05, 3.63) is 60.2 Å². The average Bonchev–Trinajstić information content (AvgIpc) is 2.53. The normalized spacial score (nSPS) is 10.4. The van der Waals surface area contributed by atoms with E-state index < -0.39 is 40.8 Å². The van der Waals surface area contributed by atoms with Crippen LogP contribution in [0.2, 0.25) is 0 Å². The van der Waals surface area contributed by atoms with Gasteiger partial charge in [-0.25, -0.2) is 19.2 Å². The molecule has 8 heteroatoms. The number of aromatic carboxylic acids is 2. The first kappa shape index (κ1) is 18.6. The van der Waals surface area contributed by atoms with E-state index in [0.717, 1.165) is 25.1 Å². The SMILES string of the molecule is C=CC(=O)OC(C)(OC(=O)C=C)c1cccc(C(=O)O)c1C(=O)O. The van der Waals surface area contributed by atoms with E-state index >= 15 is 0 Å². The van der Waals surface area contributed by atoms with Crippen molar-refractivity contribution >= 4 is 23.9 Å². The standard InChI is InChI=1S/C16H14O8/c1-4-11(17)23-16(3,24-12(18)5-2)10-8-6-7-9(14(19)20)13(10)15(21)22/h4-8H,1-2H2,3H3,(H,19,20)(H,21,22). The predicted molar refractivity (Wildman–Crippen MR) is 80.3 cm³/mol. The second kappa shape index (κ2) is 7.23. The zero-order chi connectivity index (χ0) is 18.5. The maximum atomic E-state index is 11.5. The largest absolute Gasteiger partial charge is 0.478 e. The van der Waals surface area contributed by atoms with Gasteiger partial charge in [0.2, 0.25) is 0 Å². The number of carbonyl (C=O) groups excluding carboxylic acids is 2. The van der Waals surface area contributed by atoms with Crippen LogP contribution in [0, 0.1) is 0 Å². The molecule has 0 unspecified atom stereocenters. The molecule has 126 valence electrons. The molecule has 0 atom stereocenters. The summed E-state index contributed by atoms with van der Waals surface area (Å²) in [5, 5.41) is 18.5. The summed E-state index contributed by atoms with van der Waals surface area (Å²) >= 11 is 0. The second-order valence-electron chi connectivity index (χ2n) is 4.53. The summed E-state index contributed by atoms with van der Waals surface area (Å²) < 4.78 is 9.93. The number of esters is 2. The number of rotatable bonds is 7. The number of hydrogen-bond acceptors (Lipinski definition) is 6. The molecule has 0 aromatic heterocycles. The van der Waals surface area contributed by atoms with Gasteiger partial charge in [-0.3, -0.25) is 0 Å². The van der Waals surface area contributed by atoms with E-state index in [-0.39, 0.29) is 5.56 Å². The molecular formula is C16H14O8. The summed E-state index contributed by atoms with van der Waals surface area (Å²) in [4.78, 5) is 45.9. The quantitative estimate of drug-likeness (QED) is 0.438. The van der Waals surface area contributed by atoms with Crippen molar-refractivity contribution in [2.45, 2.75) is 12.7 Å². The zero-order valence-electron chi connectivity index (χ0n) is 12.6. The van der Waals surface area contributed by atoms with Crippen molar-refractivity contribution in [3.63, 3.8) is 0 Å². The Morgan fingerprint density at radius 3 is 1.88 bits per heavy atom. The van der Waals surface area contributed by atoms with E-state index in [1.165, 1.54) is 12.1 Å². The molecule has 0 spiro atoms. The summed E-state index contributed by atoms with van der Waals surface area (Å²) in [5.41, 5.74) is -1.57. The highest BCUT2D eigenvalue weighted by Crippen LogP contribution is 2.32. The maximum Gasteiger partial charge on any atom is 0.337 e. The second-order valence-corrected chi connectivity index (χ2v) is 4.53. The molecule has 1 aromatic carbocycles. The Kier molecular flexibility index (Phi) is 5.61. The van der Waals surface area contributed by atoms with E-state index in [9.17, 15) is 24.3 Å². The van der Waals surface area contributed by atoms with Crippen LogP contribution < -0.4 is 0 Å². The summed E-state index contributed by atoms with van der Waals surface area (Å²) in [6.45, 7) is 7.49. The lowest BCUT2D eigenvalue weighted by molar-refractivity contribution is -0.221. The van der Waals surface area contributed by atoms with Crippen LogP contribution >= 0.6 is 0 Å². The lowest BCUT2D eigenvalue weighted by Gasteiger charge is -2.30. The minimum atomic E-state index is -2.20. The van der Waals surface area contributed by atoms with Crippen molar-refractivity contribution in [1.82, 2.24) is 0 Å². The van der Waals surface area contributed by atoms with Crippen molar-refractivity contribution in [2.24, 2.45) is 0 Å². The van der Waals surface area contributed by atoms with Gasteiger partial charge in [-0.05, 0) is 6.07 Å². The smallest absolute Gasteiger partial charge is 0.337 e. The molecule has 1 rings (SSSR count). The summed E-state index contributed by atoms with van der Waals surface area (Å²) in [5.74, 6) is -7.33. The maximum absolute atomic E-state index is 11.5. The number of carboxylic acids is 2. The van der Waals surface area contributed by atoms with E-state index in [1.54, 1.807) is 0 Å². The molecule has 24 heavy (non-hydrogen) atoms. The Labute approximate surface area is 136 Å². The predicted octanol–water partition coefficient (Wildman–Crippen LogP) is 1.71. The third-order valence-electron chi connectivity index (χ3n) is 2.92. The highest BCUT2D eigenvalue weighted by atomic mass is 16.7. The minimum absolute atomic E-state index is 0.333. The van der Waals surface area contributed by atoms with Crippen LogP contribution in [-0.2, 0) is 24.8 Å². The summed E-state index contributed by atoms with van der Waals surface area (Å²) in [6.07, 6.45) is 1.56. The Balaban J connectivity index is 3.66. The van der Waals surface area contributed by atoms with Crippen molar-refractivity contribution in [2.75, 3.05) is 0 Å². The highest BCUT2D eigenvalue weighted by molar-refractivity contribution is 6.03. The van der Waals surface area contributed by atoms with Crippen molar-refractivity contribution in [1.29, 1.82) is 0 Å². The fourth-order valence-corrected chi connectivity index (χ4v) is 1.94. The third kappa shape index (κ3) is 3.86. The molecule has 0 aliphatic carbocycles. The van der Waals surface area contributed by atoms with Crippen LogP contribution in [0.1, 0.15) is 33.2 Å². The number of benzene rings is 1. The molecule has 0 saturated heterocycles. The molecule has 1 aromatic rings. The van der Waals surface area contributed by atoms with E-state index in [0.29, 0.717) is 0 Å². The molecule has 0 radical (unpaired) electrons. The molecule has 0 aliphatic heterocycles. The number of hydrogen-bond donors (Lipinski definition) is 2. The fraction of sp³-hybridized carbons (Fsp3) is 0.125. The van der Waals surface area contributed by atoms with E-state index in [2.05, 4.69) is 13.2 Å². The van der Waals surface area contributed by atoms with Crippen LogP contribution in [-0.4, -0.2) is 34.1 Å². The molecule has 0 fully saturated rings. The lowest BCUT2D eigenvalue weighted by Crippen LogP contribution is -2.36. The van der Waals surface area contributed by atoms with Crippen LogP contribution in [0.25, 0.3) is 0 Å². The molecule has 0 aliphatic rings. The number of carboxylic acid groups (broad SMARTS) is 2. The zero-order valence-corrected chi connectivity index (χ0v) is 12.6. The van der Waals surface area contributed by atoms with Gasteiger partial charge in [0.05, 0.1) is 16.7 Å². The van der Waals surface area contributed by atoms with Crippen LogP contribution in [0.3, 0.4) is 0 Å². The monoisotopic (exact) mass is 334 g/mol. The molecule has 0 saturated carbocycles. The Morgan fingerprint density at radius 1 is 1.00 bits per heavy atom. The number of carbonyl (C=O) groups is 4. The van der Waals surface area contributed by atoms with Crippen LogP contribution in [0.4, 0.5) is 0 Å². The number of ether oxygens (including phenoxy) is 2. The Hall–Kier alpha value is -3.42. The van der Waals surface area contributed by atoms with Crippen molar-refractivity contribution < 1.29 is 38.9 Å². The van der Waals surface area contributed by atoms with Crippen molar-refractivity contribution in [3.8, 4) is 0 Å². The van der Waals surface area contributed by atoms with Gasteiger partial charge in [0, 0.05) is 19.1 Å². The molecule has 0 heterocycles. The van der Waals surface area contributed by atoms with Gasteiger partial charge < -0.3 is 19.7 Å². The Bertz CT molecular complexity index is 710. The first-order chi connectivity index (χ1) is 11.2. The summed E-state index contributed by atoms with van der Waals surface area (Å²) in [7, 11) is 0.